The Hall–Kier alpha value is -4.46. The quantitative estimate of drug-likeness (QED) is 0.322. The van der Waals surface area contributed by atoms with Gasteiger partial charge in [0, 0.05) is 17.8 Å². The summed E-state index contributed by atoms with van der Waals surface area (Å²) >= 11 is 0. The topological polar surface area (TPSA) is 80.5 Å². The maximum absolute atomic E-state index is 13.7. The highest BCUT2D eigenvalue weighted by molar-refractivity contribution is 5.86. The number of allylic oxidation sites excluding steroid dienone is 1. The summed E-state index contributed by atoms with van der Waals surface area (Å²) in [5.41, 5.74) is 4.10. The number of aromatic nitrogens is 2. The lowest BCUT2D eigenvalue weighted by Crippen LogP contribution is -2.46. The maximum atomic E-state index is 13.7. The average Bonchev–Trinajstić information content (AvgIpc) is 3.41. The van der Waals surface area contributed by atoms with Gasteiger partial charge in [0.25, 0.3) is 5.89 Å². The Morgan fingerprint density at radius 2 is 1.76 bits per heavy atom. The molecule has 2 amide bonds. The van der Waals surface area contributed by atoms with Crippen molar-refractivity contribution in [2.24, 2.45) is 0 Å². The Morgan fingerprint density at radius 3 is 2.46 bits per heavy atom. The van der Waals surface area contributed by atoms with Crippen molar-refractivity contribution in [3.63, 3.8) is 0 Å². The second-order valence-corrected chi connectivity index (χ2v) is 8.83. The molecule has 4 aromatic rings. The van der Waals surface area contributed by atoms with Crippen LogP contribution in [0.2, 0.25) is 0 Å². The molecule has 1 aromatic heterocycles. The highest BCUT2D eigenvalue weighted by Crippen LogP contribution is 2.37. The molecule has 1 atom stereocenters. The van der Waals surface area contributed by atoms with Crippen LogP contribution in [0.15, 0.2) is 89.1 Å². The van der Waals surface area contributed by atoms with Gasteiger partial charge < -0.3 is 14.6 Å². The zero-order chi connectivity index (χ0) is 25.8. The fraction of sp³-hybridized carbons (Fsp3) is 0.207. The molecule has 0 radical (unpaired) electrons. The fourth-order valence-corrected chi connectivity index (χ4v) is 4.51. The van der Waals surface area contributed by atoms with E-state index in [0.29, 0.717) is 23.8 Å². The van der Waals surface area contributed by atoms with Gasteiger partial charge in [-0.25, -0.2) is 9.18 Å². The summed E-state index contributed by atoms with van der Waals surface area (Å²) in [5.74, 6) is 1.09. The number of hydrogen-bond acceptors (Lipinski definition) is 5. The number of ether oxygens (including phenoxy) is 1. The second kappa shape index (κ2) is 10.7. The number of urea groups is 1. The summed E-state index contributed by atoms with van der Waals surface area (Å²) in [6.45, 7) is 2.40. The number of carbonyl (C=O) groups excluding carboxylic acids is 1. The van der Waals surface area contributed by atoms with Crippen molar-refractivity contribution in [3.05, 3.63) is 107 Å². The minimum absolute atomic E-state index is 0.224. The largest absolute Gasteiger partial charge is 0.497 e. The van der Waals surface area contributed by atoms with Crippen molar-refractivity contribution < 1.29 is 18.4 Å². The molecule has 37 heavy (non-hydrogen) atoms. The third-order valence-electron chi connectivity index (χ3n) is 6.49. The SMILES string of the molecule is COc1ccc(-c2noc(C3=C(C)N(CCCc4ccccc4)C(=O)NC3c3ccc(F)cc3)n2)cc1. The number of carbonyl (C=O) groups is 1. The van der Waals surface area contributed by atoms with E-state index >= 15 is 0 Å². The summed E-state index contributed by atoms with van der Waals surface area (Å²) in [5, 5.41) is 7.24. The average molecular weight is 499 g/mol. The highest BCUT2D eigenvalue weighted by Gasteiger charge is 2.35. The molecule has 1 unspecified atom stereocenters. The monoisotopic (exact) mass is 498 g/mol. The molecule has 5 rings (SSSR count). The lowest BCUT2D eigenvalue weighted by molar-refractivity contribution is 0.204. The van der Waals surface area contributed by atoms with Crippen LogP contribution in [0.4, 0.5) is 9.18 Å². The van der Waals surface area contributed by atoms with Crippen LogP contribution in [0.1, 0.15) is 36.4 Å². The number of aryl methyl sites for hydroxylation is 1. The van der Waals surface area contributed by atoms with E-state index in [4.69, 9.17) is 9.26 Å². The van der Waals surface area contributed by atoms with Crippen LogP contribution < -0.4 is 10.1 Å². The van der Waals surface area contributed by atoms with Crippen molar-refractivity contribution in [3.8, 4) is 17.1 Å². The number of rotatable bonds is 8. The molecular weight excluding hydrogens is 471 g/mol. The van der Waals surface area contributed by atoms with Crippen molar-refractivity contribution >= 4 is 11.6 Å². The summed E-state index contributed by atoms with van der Waals surface area (Å²) in [6.07, 6.45) is 1.63. The normalized spacial score (nSPS) is 15.6. The van der Waals surface area contributed by atoms with Crippen molar-refractivity contribution in [1.29, 1.82) is 0 Å². The van der Waals surface area contributed by atoms with Gasteiger partial charge in [0.05, 0.1) is 18.7 Å². The highest BCUT2D eigenvalue weighted by atomic mass is 19.1. The van der Waals surface area contributed by atoms with E-state index < -0.39 is 6.04 Å². The lowest BCUT2D eigenvalue weighted by atomic mass is 9.94. The van der Waals surface area contributed by atoms with Gasteiger partial charge in [0.2, 0.25) is 5.82 Å². The van der Waals surface area contributed by atoms with Crippen LogP contribution in [-0.2, 0) is 6.42 Å². The van der Waals surface area contributed by atoms with Crippen LogP contribution in [0.25, 0.3) is 17.0 Å². The van der Waals surface area contributed by atoms with Crippen molar-refractivity contribution in [2.75, 3.05) is 13.7 Å². The molecule has 0 aliphatic carbocycles. The molecule has 2 heterocycles. The molecule has 0 saturated heterocycles. The maximum Gasteiger partial charge on any atom is 0.322 e. The van der Waals surface area contributed by atoms with Crippen molar-refractivity contribution in [1.82, 2.24) is 20.4 Å². The molecule has 7 nitrogen and oxygen atoms in total. The number of halogens is 1. The van der Waals surface area contributed by atoms with E-state index in [1.807, 2.05) is 49.4 Å². The Labute approximate surface area is 214 Å². The minimum Gasteiger partial charge on any atom is -0.497 e. The first kappa shape index (κ1) is 24.2. The van der Waals surface area contributed by atoms with Gasteiger partial charge in [-0.1, -0.05) is 47.6 Å². The number of benzene rings is 3. The molecule has 0 bridgehead atoms. The molecule has 0 spiro atoms. The van der Waals surface area contributed by atoms with E-state index in [-0.39, 0.29) is 11.8 Å². The second-order valence-electron chi connectivity index (χ2n) is 8.83. The predicted octanol–water partition coefficient (Wildman–Crippen LogP) is 6.01. The van der Waals surface area contributed by atoms with Gasteiger partial charge in [0.1, 0.15) is 11.6 Å². The Kier molecular flexibility index (Phi) is 6.98. The van der Waals surface area contributed by atoms with Gasteiger partial charge in [-0.2, -0.15) is 4.98 Å². The lowest BCUT2D eigenvalue weighted by Gasteiger charge is -2.35. The van der Waals surface area contributed by atoms with Crippen LogP contribution in [0.3, 0.4) is 0 Å². The van der Waals surface area contributed by atoms with Gasteiger partial charge in [-0.3, -0.25) is 4.90 Å². The molecule has 0 fully saturated rings. The number of amides is 2. The number of methoxy groups -OCH3 is 1. The van der Waals surface area contributed by atoms with E-state index in [0.717, 1.165) is 35.4 Å². The smallest absolute Gasteiger partial charge is 0.322 e. The van der Waals surface area contributed by atoms with Gasteiger partial charge >= 0.3 is 6.03 Å². The van der Waals surface area contributed by atoms with Crippen LogP contribution >= 0.6 is 0 Å². The predicted molar refractivity (Wildman–Crippen MR) is 138 cm³/mol. The van der Waals surface area contributed by atoms with E-state index in [1.54, 1.807) is 24.1 Å². The number of nitrogens with one attached hydrogen (secondary N) is 1. The molecule has 1 N–H and O–H groups in total. The molecular formula is C29H27FN4O3. The first-order valence-corrected chi connectivity index (χ1v) is 12.1. The molecule has 8 heteroatoms. The van der Waals surface area contributed by atoms with E-state index in [2.05, 4.69) is 27.6 Å². The Bertz CT molecular complexity index is 1400. The van der Waals surface area contributed by atoms with Crippen LogP contribution in [-0.4, -0.2) is 34.7 Å². The molecule has 1 aliphatic rings. The van der Waals surface area contributed by atoms with Gasteiger partial charge in [0.15, 0.2) is 0 Å². The first-order chi connectivity index (χ1) is 18.0. The Balaban J connectivity index is 1.48. The minimum atomic E-state index is -0.567. The van der Waals surface area contributed by atoms with E-state index in [1.165, 1.54) is 17.7 Å². The molecule has 188 valence electrons. The van der Waals surface area contributed by atoms with Crippen LogP contribution in [0, 0.1) is 5.82 Å². The zero-order valence-electron chi connectivity index (χ0n) is 20.6. The van der Waals surface area contributed by atoms with E-state index in [9.17, 15) is 9.18 Å². The third kappa shape index (κ3) is 5.23. The van der Waals surface area contributed by atoms with Gasteiger partial charge in [-0.05, 0) is 67.3 Å². The molecule has 1 aliphatic heterocycles. The number of nitrogens with zero attached hydrogens (tertiary/aromatic N) is 3. The Morgan fingerprint density at radius 1 is 1.03 bits per heavy atom. The molecule has 3 aromatic carbocycles. The first-order valence-electron chi connectivity index (χ1n) is 12.1. The summed E-state index contributed by atoms with van der Waals surface area (Å²) in [6, 6.07) is 22.8. The van der Waals surface area contributed by atoms with Gasteiger partial charge in [-0.15, -0.1) is 0 Å². The zero-order valence-corrected chi connectivity index (χ0v) is 20.6. The molecule has 0 saturated carbocycles. The number of hydrogen-bond donors (Lipinski definition) is 1. The standard InChI is InChI=1S/C29H27FN4O3/c1-19-25(28-32-27(33-37-28)22-12-16-24(36-2)17-13-22)26(21-10-14-23(30)15-11-21)31-29(35)34(19)18-6-9-20-7-4-3-5-8-20/h3-5,7-8,10-17,26H,6,9,18H2,1-2H3,(H,31,35). The van der Waals surface area contributed by atoms with Crippen LogP contribution in [0.5, 0.6) is 5.75 Å². The summed E-state index contributed by atoms with van der Waals surface area (Å²) < 4.78 is 24.6. The third-order valence-corrected chi connectivity index (χ3v) is 6.49. The van der Waals surface area contributed by atoms with Crippen molar-refractivity contribution in [2.45, 2.75) is 25.8 Å². The fourth-order valence-electron chi connectivity index (χ4n) is 4.51. The summed E-state index contributed by atoms with van der Waals surface area (Å²) in [7, 11) is 1.61. The summed E-state index contributed by atoms with van der Waals surface area (Å²) in [4.78, 5) is 19.6.